The summed E-state index contributed by atoms with van der Waals surface area (Å²) >= 11 is 0. The van der Waals surface area contributed by atoms with E-state index in [2.05, 4.69) is 5.32 Å². The topological polar surface area (TPSA) is 41.6 Å². The van der Waals surface area contributed by atoms with Gasteiger partial charge >= 0.3 is 6.03 Å². The maximum absolute atomic E-state index is 11.5. The van der Waals surface area contributed by atoms with Gasteiger partial charge in [-0.3, -0.25) is 0 Å². The number of amides is 2. The first-order valence-electron chi connectivity index (χ1n) is 5.17. The second-order valence-electron chi connectivity index (χ2n) is 3.42. The number of carbonyl (C=O) groups excluding carboxylic acids is 1. The Bertz CT molecular complexity index is 158. The predicted molar refractivity (Wildman–Crippen MR) is 57.4 cm³/mol. The van der Waals surface area contributed by atoms with Crippen molar-refractivity contribution < 1.29 is 9.53 Å². The fourth-order valence-electron chi connectivity index (χ4n) is 1.23. The Balaban J connectivity index is 3.71. The van der Waals surface area contributed by atoms with E-state index in [1.807, 2.05) is 20.8 Å². The molecule has 4 heteroatoms. The lowest BCUT2D eigenvalue weighted by Gasteiger charge is -2.20. The number of nitrogens with one attached hydrogen (secondary N) is 1. The highest BCUT2D eigenvalue weighted by atomic mass is 16.5. The summed E-state index contributed by atoms with van der Waals surface area (Å²) in [6, 6.07) is 0.0120. The molecule has 0 aromatic heterocycles. The third kappa shape index (κ3) is 5.07. The number of ether oxygens (including phenoxy) is 1. The van der Waals surface area contributed by atoms with Crippen molar-refractivity contribution in [3.05, 3.63) is 0 Å². The highest BCUT2D eigenvalue weighted by molar-refractivity contribution is 5.74. The minimum atomic E-state index is 0.0120. The molecule has 0 aromatic rings. The Morgan fingerprint density at radius 3 is 2.43 bits per heavy atom. The molecule has 1 atom stereocenters. The van der Waals surface area contributed by atoms with Crippen LogP contribution in [-0.4, -0.2) is 44.3 Å². The van der Waals surface area contributed by atoms with Gasteiger partial charge < -0.3 is 15.0 Å². The zero-order chi connectivity index (χ0) is 11.0. The van der Waals surface area contributed by atoms with Crippen LogP contribution >= 0.6 is 0 Å². The average molecular weight is 202 g/mol. The number of urea groups is 1. The molecule has 84 valence electrons. The summed E-state index contributed by atoms with van der Waals surface area (Å²) < 4.78 is 4.98. The fourth-order valence-corrected chi connectivity index (χ4v) is 1.23. The van der Waals surface area contributed by atoms with Crippen LogP contribution in [0.2, 0.25) is 0 Å². The van der Waals surface area contributed by atoms with Crippen molar-refractivity contribution in [2.45, 2.75) is 20.8 Å². The van der Waals surface area contributed by atoms with Crippen LogP contribution in [0.25, 0.3) is 0 Å². The molecule has 0 aromatic carbocycles. The van der Waals surface area contributed by atoms with E-state index in [9.17, 15) is 4.79 Å². The molecule has 0 aliphatic carbocycles. The van der Waals surface area contributed by atoms with E-state index >= 15 is 0 Å². The first-order chi connectivity index (χ1) is 6.65. The van der Waals surface area contributed by atoms with Crippen molar-refractivity contribution in [2.24, 2.45) is 5.92 Å². The van der Waals surface area contributed by atoms with Crippen LogP contribution in [0, 0.1) is 5.92 Å². The third-order valence-corrected chi connectivity index (χ3v) is 2.10. The second-order valence-corrected chi connectivity index (χ2v) is 3.42. The first-order valence-corrected chi connectivity index (χ1v) is 5.17. The van der Waals surface area contributed by atoms with Crippen LogP contribution in [-0.2, 0) is 4.74 Å². The van der Waals surface area contributed by atoms with Crippen LogP contribution in [0.3, 0.4) is 0 Å². The first kappa shape index (κ1) is 13.2. The largest absolute Gasteiger partial charge is 0.384 e. The number of rotatable bonds is 6. The van der Waals surface area contributed by atoms with Crippen LogP contribution < -0.4 is 5.32 Å². The zero-order valence-corrected chi connectivity index (χ0v) is 9.67. The molecule has 1 unspecified atom stereocenters. The Kier molecular flexibility index (Phi) is 7.20. The smallest absolute Gasteiger partial charge is 0.317 e. The SMILES string of the molecule is CCN(CC)C(=O)NCC(C)COC. The lowest BCUT2D eigenvalue weighted by molar-refractivity contribution is 0.155. The van der Waals surface area contributed by atoms with Gasteiger partial charge in [-0.1, -0.05) is 6.92 Å². The van der Waals surface area contributed by atoms with Gasteiger partial charge in [0.2, 0.25) is 0 Å². The van der Waals surface area contributed by atoms with Crippen LogP contribution in [0.4, 0.5) is 4.79 Å². The van der Waals surface area contributed by atoms with Crippen molar-refractivity contribution in [2.75, 3.05) is 33.4 Å². The van der Waals surface area contributed by atoms with E-state index in [4.69, 9.17) is 4.74 Å². The summed E-state index contributed by atoms with van der Waals surface area (Å²) in [4.78, 5) is 13.3. The predicted octanol–water partition coefficient (Wildman–Crippen LogP) is 1.32. The number of methoxy groups -OCH3 is 1. The highest BCUT2D eigenvalue weighted by Crippen LogP contribution is 1.94. The van der Waals surface area contributed by atoms with Crippen molar-refractivity contribution in [3.8, 4) is 0 Å². The van der Waals surface area contributed by atoms with E-state index in [0.717, 1.165) is 13.1 Å². The molecule has 0 saturated heterocycles. The maximum atomic E-state index is 11.5. The monoisotopic (exact) mass is 202 g/mol. The minimum Gasteiger partial charge on any atom is -0.384 e. The molecule has 0 aliphatic rings. The highest BCUT2D eigenvalue weighted by Gasteiger charge is 2.09. The lowest BCUT2D eigenvalue weighted by Crippen LogP contribution is -2.41. The molecule has 0 saturated carbocycles. The Morgan fingerprint density at radius 2 is 2.00 bits per heavy atom. The van der Waals surface area contributed by atoms with Gasteiger partial charge in [0.1, 0.15) is 0 Å². The van der Waals surface area contributed by atoms with Crippen molar-refractivity contribution in [3.63, 3.8) is 0 Å². The van der Waals surface area contributed by atoms with E-state index < -0.39 is 0 Å². The Morgan fingerprint density at radius 1 is 1.43 bits per heavy atom. The van der Waals surface area contributed by atoms with E-state index in [0.29, 0.717) is 19.1 Å². The summed E-state index contributed by atoms with van der Waals surface area (Å²) in [5.74, 6) is 0.361. The Labute approximate surface area is 86.6 Å². The summed E-state index contributed by atoms with van der Waals surface area (Å²) in [6.45, 7) is 8.85. The number of nitrogens with zero attached hydrogens (tertiary/aromatic N) is 1. The van der Waals surface area contributed by atoms with Gasteiger partial charge in [0, 0.05) is 26.7 Å². The third-order valence-electron chi connectivity index (χ3n) is 2.10. The van der Waals surface area contributed by atoms with Gasteiger partial charge in [0.05, 0.1) is 6.61 Å². The van der Waals surface area contributed by atoms with E-state index in [1.165, 1.54) is 0 Å². The molecular weight excluding hydrogens is 180 g/mol. The number of hydrogen-bond acceptors (Lipinski definition) is 2. The molecule has 0 spiro atoms. The van der Waals surface area contributed by atoms with E-state index in [1.54, 1.807) is 12.0 Å². The summed E-state index contributed by atoms with van der Waals surface area (Å²) in [5, 5.41) is 2.88. The molecule has 1 N–H and O–H groups in total. The molecule has 2 amide bonds. The zero-order valence-electron chi connectivity index (χ0n) is 9.67. The van der Waals surface area contributed by atoms with Gasteiger partial charge in [-0.15, -0.1) is 0 Å². The minimum absolute atomic E-state index is 0.0120. The van der Waals surface area contributed by atoms with Gasteiger partial charge in [-0.2, -0.15) is 0 Å². The molecule has 4 nitrogen and oxygen atoms in total. The standard InChI is InChI=1S/C10H22N2O2/c1-5-12(6-2)10(13)11-7-9(3)8-14-4/h9H,5-8H2,1-4H3,(H,11,13). The molecule has 0 heterocycles. The summed E-state index contributed by atoms with van der Waals surface area (Å²) in [6.07, 6.45) is 0. The van der Waals surface area contributed by atoms with Gasteiger partial charge in [-0.05, 0) is 19.8 Å². The van der Waals surface area contributed by atoms with E-state index in [-0.39, 0.29) is 6.03 Å². The number of carbonyl (C=O) groups is 1. The number of hydrogen-bond donors (Lipinski definition) is 1. The fraction of sp³-hybridized carbons (Fsp3) is 0.900. The molecule has 0 bridgehead atoms. The average Bonchev–Trinajstić information content (AvgIpc) is 2.17. The molecule has 14 heavy (non-hydrogen) atoms. The molecular formula is C10H22N2O2. The molecule has 0 radical (unpaired) electrons. The van der Waals surface area contributed by atoms with Gasteiger partial charge in [0.15, 0.2) is 0 Å². The normalized spacial score (nSPS) is 12.3. The van der Waals surface area contributed by atoms with Crippen LogP contribution in [0.5, 0.6) is 0 Å². The molecule has 0 rings (SSSR count). The molecule has 0 fully saturated rings. The summed E-state index contributed by atoms with van der Waals surface area (Å²) in [5.41, 5.74) is 0. The van der Waals surface area contributed by atoms with Crippen LogP contribution in [0.15, 0.2) is 0 Å². The van der Waals surface area contributed by atoms with Crippen molar-refractivity contribution in [1.29, 1.82) is 0 Å². The lowest BCUT2D eigenvalue weighted by atomic mass is 10.2. The van der Waals surface area contributed by atoms with Crippen molar-refractivity contribution in [1.82, 2.24) is 10.2 Å². The van der Waals surface area contributed by atoms with Crippen LogP contribution in [0.1, 0.15) is 20.8 Å². The Hall–Kier alpha value is -0.770. The quantitative estimate of drug-likeness (QED) is 0.706. The second kappa shape index (κ2) is 7.62. The van der Waals surface area contributed by atoms with Crippen molar-refractivity contribution >= 4 is 6.03 Å². The van der Waals surface area contributed by atoms with Gasteiger partial charge in [0.25, 0.3) is 0 Å². The summed E-state index contributed by atoms with van der Waals surface area (Å²) in [7, 11) is 1.67. The van der Waals surface area contributed by atoms with Gasteiger partial charge in [-0.25, -0.2) is 4.79 Å². The maximum Gasteiger partial charge on any atom is 0.317 e. The molecule has 0 aliphatic heterocycles.